The second-order valence-corrected chi connectivity index (χ2v) is 3.20. The lowest BCUT2D eigenvalue weighted by atomic mass is 10.1. The molecule has 6 nitrogen and oxygen atoms in total. The quantitative estimate of drug-likeness (QED) is 0.667. The molecule has 1 atom stereocenters. The second-order valence-electron chi connectivity index (χ2n) is 3.20. The van der Waals surface area contributed by atoms with Crippen molar-refractivity contribution in [3.8, 4) is 0 Å². The molecule has 0 radical (unpaired) electrons. The molecule has 1 aromatic heterocycles. The highest BCUT2D eigenvalue weighted by Gasteiger charge is 2.31. The Balaban J connectivity index is 2.17. The number of aliphatic hydroxyl groups excluding tert-OH is 1. The predicted molar refractivity (Wildman–Crippen MR) is 47.4 cm³/mol. The van der Waals surface area contributed by atoms with Crippen LogP contribution in [0.1, 0.15) is 6.42 Å². The Kier molecular flexibility index (Phi) is 2.36. The summed E-state index contributed by atoms with van der Waals surface area (Å²) in [5, 5.41) is 16.3. The molecule has 2 rings (SSSR count). The van der Waals surface area contributed by atoms with Gasteiger partial charge >= 0.3 is 0 Å². The third-order valence-corrected chi connectivity index (χ3v) is 2.18. The minimum Gasteiger partial charge on any atom is -0.396 e. The van der Waals surface area contributed by atoms with Crippen molar-refractivity contribution in [3.63, 3.8) is 0 Å². The molecular formula is C8H10N4O2. The summed E-state index contributed by atoms with van der Waals surface area (Å²) in [4.78, 5) is 16.8. The van der Waals surface area contributed by atoms with Gasteiger partial charge in [-0.05, 0) is 0 Å². The van der Waals surface area contributed by atoms with Gasteiger partial charge in [0.2, 0.25) is 5.91 Å². The maximum absolute atomic E-state index is 11.5. The van der Waals surface area contributed by atoms with Gasteiger partial charge in [-0.15, -0.1) is 5.10 Å². The summed E-state index contributed by atoms with van der Waals surface area (Å²) >= 11 is 0. The summed E-state index contributed by atoms with van der Waals surface area (Å²) in [5.41, 5.74) is 0. The highest BCUT2D eigenvalue weighted by atomic mass is 16.3. The first-order valence-electron chi connectivity index (χ1n) is 4.36. The van der Waals surface area contributed by atoms with Crippen LogP contribution in [0.15, 0.2) is 12.4 Å². The number of rotatable bonds is 2. The van der Waals surface area contributed by atoms with E-state index in [4.69, 9.17) is 5.11 Å². The first kappa shape index (κ1) is 9.01. The lowest BCUT2D eigenvalue weighted by molar-refractivity contribution is -0.117. The van der Waals surface area contributed by atoms with Crippen LogP contribution < -0.4 is 4.90 Å². The maximum atomic E-state index is 11.5. The molecule has 2 heterocycles. The van der Waals surface area contributed by atoms with Crippen molar-refractivity contribution in [1.29, 1.82) is 0 Å². The van der Waals surface area contributed by atoms with E-state index in [2.05, 4.69) is 15.2 Å². The van der Waals surface area contributed by atoms with Crippen LogP contribution in [-0.4, -0.2) is 39.3 Å². The number of anilines is 1. The van der Waals surface area contributed by atoms with E-state index >= 15 is 0 Å². The number of hydrogen-bond acceptors (Lipinski definition) is 5. The molecule has 6 heteroatoms. The van der Waals surface area contributed by atoms with Gasteiger partial charge in [0.15, 0.2) is 0 Å². The molecule has 1 N–H and O–H groups in total. The van der Waals surface area contributed by atoms with Crippen molar-refractivity contribution in [2.45, 2.75) is 6.42 Å². The van der Waals surface area contributed by atoms with Crippen LogP contribution in [0.2, 0.25) is 0 Å². The Bertz CT molecular complexity index is 329. The van der Waals surface area contributed by atoms with Gasteiger partial charge in [0.25, 0.3) is 5.95 Å². The molecule has 1 amide bonds. The first-order valence-corrected chi connectivity index (χ1v) is 4.36. The summed E-state index contributed by atoms with van der Waals surface area (Å²) in [7, 11) is 0. The molecule has 0 spiro atoms. The molecule has 14 heavy (non-hydrogen) atoms. The fraction of sp³-hybridized carbons (Fsp3) is 0.500. The number of aromatic nitrogens is 3. The number of amides is 1. The summed E-state index contributed by atoms with van der Waals surface area (Å²) in [6, 6.07) is 0. The van der Waals surface area contributed by atoms with Crippen LogP contribution in [0.5, 0.6) is 0 Å². The molecule has 1 aliphatic heterocycles. The lowest BCUT2D eigenvalue weighted by Gasteiger charge is -2.12. The summed E-state index contributed by atoms with van der Waals surface area (Å²) in [6.45, 7) is 0.490. The van der Waals surface area contributed by atoms with E-state index in [1.807, 2.05) is 0 Å². The van der Waals surface area contributed by atoms with Crippen molar-refractivity contribution >= 4 is 11.9 Å². The number of carbonyl (C=O) groups is 1. The minimum atomic E-state index is -0.0583. The Morgan fingerprint density at radius 1 is 1.57 bits per heavy atom. The molecule has 0 aliphatic carbocycles. The average Bonchev–Trinajstić information content (AvgIpc) is 2.61. The van der Waals surface area contributed by atoms with E-state index in [9.17, 15) is 4.79 Å². The van der Waals surface area contributed by atoms with Crippen LogP contribution >= 0.6 is 0 Å². The van der Waals surface area contributed by atoms with E-state index in [0.717, 1.165) is 0 Å². The maximum Gasteiger partial charge on any atom is 0.251 e. The average molecular weight is 194 g/mol. The van der Waals surface area contributed by atoms with Crippen molar-refractivity contribution in [2.75, 3.05) is 18.1 Å². The first-order chi connectivity index (χ1) is 6.81. The van der Waals surface area contributed by atoms with Crippen LogP contribution in [0.4, 0.5) is 5.95 Å². The minimum absolute atomic E-state index is 0.00805. The highest BCUT2D eigenvalue weighted by Crippen LogP contribution is 2.20. The number of aliphatic hydroxyl groups is 1. The fourth-order valence-corrected chi connectivity index (χ4v) is 1.46. The topological polar surface area (TPSA) is 79.2 Å². The van der Waals surface area contributed by atoms with Gasteiger partial charge in [0, 0.05) is 25.5 Å². The Morgan fingerprint density at radius 2 is 2.43 bits per heavy atom. The van der Waals surface area contributed by atoms with Crippen LogP contribution in [-0.2, 0) is 4.79 Å². The van der Waals surface area contributed by atoms with Crippen LogP contribution in [0.3, 0.4) is 0 Å². The summed E-state index contributed by atoms with van der Waals surface area (Å²) < 4.78 is 0. The molecule has 1 unspecified atom stereocenters. The third-order valence-electron chi connectivity index (χ3n) is 2.18. The van der Waals surface area contributed by atoms with Crippen LogP contribution in [0, 0.1) is 5.92 Å². The van der Waals surface area contributed by atoms with E-state index in [1.165, 1.54) is 17.3 Å². The molecular weight excluding hydrogens is 184 g/mol. The van der Waals surface area contributed by atoms with Crippen molar-refractivity contribution in [3.05, 3.63) is 12.4 Å². The molecule has 1 saturated heterocycles. The summed E-state index contributed by atoms with van der Waals surface area (Å²) in [5.74, 6) is 0.247. The number of carbonyl (C=O) groups excluding carboxylic acids is 1. The predicted octanol–water partition coefficient (Wildman–Crippen LogP) is -0.783. The van der Waals surface area contributed by atoms with Crippen molar-refractivity contribution in [1.82, 2.24) is 15.2 Å². The zero-order valence-electron chi connectivity index (χ0n) is 7.50. The van der Waals surface area contributed by atoms with Crippen molar-refractivity contribution in [2.24, 2.45) is 5.92 Å². The zero-order valence-corrected chi connectivity index (χ0v) is 7.50. The zero-order chi connectivity index (χ0) is 9.97. The molecule has 1 aliphatic rings. The summed E-state index contributed by atoms with van der Waals surface area (Å²) in [6.07, 6.45) is 3.30. The molecule has 0 bridgehead atoms. The SMILES string of the molecule is O=C1CC(CO)CN1c1nccnn1. The van der Waals surface area contributed by atoms with Gasteiger partial charge in [-0.2, -0.15) is 5.10 Å². The number of hydrogen-bond donors (Lipinski definition) is 1. The number of nitrogens with zero attached hydrogens (tertiary/aromatic N) is 4. The second kappa shape index (κ2) is 3.67. The fourth-order valence-electron chi connectivity index (χ4n) is 1.46. The van der Waals surface area contributed by atoms with Crippen LogP contribution in [0.25, 0.3) is 0 Å². The largest absolute Gasteiger partial charge is 0.396 e. The Labute approximate surface area is 80.6 Å². The van der Waals surface area contributed by atoms with Gasteiger partial charge in [0.1, 0.15) is 0 Å². The van der Waals surface area contributed by atoms with Crippen molar-refractivity contribution < 1.29 is 9.90 Å². The van der Waals surface area contributed by atoms with Gasteiger partial charge in [0.05, 0.1) is 12.4 Å². The molecule has 1 fully saturated rings. The normalized spacial score (nSPS) is 21.6. The van der Waals surface area contributed by atoms with E-state index in [1.54, 1.807) is 0 Å². The molecule has 0 aromatic carbocycles. The monoisotopic (exact) mass is 194 g/mol. The smallest absolute Gasteiger partial charge is 0.251 e. The van der Waals surface area contributed by atoms with E-state index in [0.29, 0.717) is 18.9 Å². The van der Waals surface area contributed by atoms with Gasteiger partial charge < -0.3 is 5.11 Å². The lowest BCUT2D eigenvalue weighted by Crippen LogP contribution is -2.27. The molecule has 74 valence electrons. The molecule has 1 aromatic rings. The van der Waals surface area contributed by atoms with E-state index < -0.39 is 0 Å². The highest BCUT2D eigenvalue weighted by molar-refractivity contribution is 5.93. The Hall–Kier alpha value is -1.56. The Morgan fingerprint density at radius 3 is 3.00 bits per heavy atom. The standard InChI is InChI=1S/C8H10N4O2/c13-5-6-3-7(14)12(4-6)8-9-1-2-10-11-8/h1-2,6,13H,3-5H2. The van der Waals surface area contributed by atoms with Gasteiger partial charge in [-0.25, -0.2) is 4.98 Å². The van der Waals surface area contributed by atoms with E-state index in [-0.39, 0.29) is 18.4 Å². The molecule has 0 saturated carbocycles. The van der Waals surface area contributed by atoms with Gasteiger partial charge in [-0.1, -0.05) is 0 Å². The third kappa shape index (κ3) is 1.56. The van der Waals surface area contributed by atoms with Gasteiger partial charge in [-0.3, -0.25) is 9.69 Å².